The number of aromatic hydroxyl groups is 1. The van der Waals surface area contributed by atoms with Crippen molar-refractivity contribution in [2.45, 2.75) is 37.4 Å². The highest BCUT2D eigenvalue weighted by Crippen LogP contribution is 2.50. The van der Waals surface area contributed by atoms with Gasteiger partial charge in [0.15, 0.2) is 0 Å². The number of methoxy groups -OCH3 is 1. The first kappa shape index (κ1) is 20.4. The van der Waals surface area contributed by atoms with Gasteiger partial charge in [-0.15, -0.1) is 0 Å². The second-order valence-corrected chi connectivity index (χ2v) is 9.55. The van der Waals surface area contributed by atoms with Crippen molar-refractivity contribution in [1.29, 1.82) is 0 Å². The van der Waals surface area contributed by atoms with E-state index >= 15 is 0 Å². The van der Waals surface area contributed by atoms with Crippen LogP contribution in [0.3, 0.4) is 0 Å². The highest BCUT2D eigenvalue weighted by atomic mass is 32.2. The Labute approximate surface area is 184 Å². The molecule has 2 N–H and O–H groups in total. The number of fused-ring (bicyclic) bond motifs is 4. The molecule has 1 amide bonds. The van der Waals surface area contributed by atoms with E-state index < -0.39 is 18.0 Å². The van der Waals surface area contributed by atoms with Gasteiger partial charge in [0, 0.05) is 34.7 Å². The van der Waals surface area contributed by atoms with E-state index in [0.717, 1.165) is 26.8 Å². The van der Waals surface area contributed by atoms with Gasteiger partial charge < -0.3 is 19.8 Å². The minimum Gasteiger partial charge on any atom is -0.507 e. The van der Waals surface area contributed by atoms with Crippen molar-refractivity contribution in [2.75, 3.05) is 13.7 Å². The van der Waals surface area contributed by atoms with Crippen LogP contribution >= 0.6 is 11.9 Å². The molecule has 0 bridgehead atoms. The molecule has 5 rings (SSSR count). The molecule has 1 saturated heterocycles. The molecule has 7 nitrogen and oxygen atoms in total. The van der Waals surface area contributed by atoms with Crippen LogP contribution in [0.25, 0.3) is 10.8 Å². The number of phenols is 1. The average molecular weight is 441 g/mol. The summed E-state index contributed by atoms with van der Waals surface area (Å²) in [4.78, 5) is 27.9. The number of hydrogen-bond acceptors (Lipinski definition) is 7. The van der Waals surface area contributed by atoms with Gasteiger partial charge in [-0.2, -0.15) is 0 Å². The number of benzene rings is 2. The molecule has 31 heavy (non-hydrogen) atoms. The van der Waals surface area contributed by atoms with Gasteiger partial charge in [-0.1, -0.05) is 31.2 Å². The molecule has 8 heteroatoms. The van der Waals surface area contributed by atoms with Gasteiger partial charge in [0.25, 0.3) is 0 Å². The van der Waals surface area contributed by atoms with E-state index in [1.807, 2.05) is 31.2 Å². The Morgan fingerprint density at radius 3 is 2.71 bits per heavy atom. The Kier molecular flexibility index (Phi) is 4.76. The normalized spacial score (nSPS) is 26.1. The minimum absolute atomic E-state index is 0.0686. The van der Waals surface area contributed by atoms with Crippen LogP contribution < -0.4 is 0 Å². The van der Waals surface area contributed by atoms with Gasteiger partial charge in [-0.05, 0) is 36.1 Å². The van der Waals surface area contributed by atoms with Crippen LogP contribution in [0, 0.1) is 11.8 Å². The number of ether oxygens (including phenoxy) is 1. The average Bonchev–Trinajstić information content (AvgIpc) is 3.25. The number of nitrogens with zero attached hydrogens (tertiary/aromatic N) is 2. The smallest absolute Gasteiger partial charge is 0.354 e. The van der Waals surface area contributed by atoms with E-state index in [-0.39, 0.29) is 23.6 Å². The first-order chi connectivity index (χ1) is 14.8. The van der Waals surface area contributed by atoms with E-state index in [2.05, 4.69) is 4.31 Å². The molecular weight excluding hydrogens is 416 g/mol. The van der Waals surface area contributed by atoms with Crippen LogP contribution in [0.4, 0.5) is 0 Å². The SMILES string of the molecule is COC(=O)C1=C(CN2Cc3cc(O)c4ccccc4c3S2)[C@H](C)C2C(C(C)O)C(=O)N12. The molecule has 162 valence electrons. The molecule has 0 spiro atoms. The molecule has 0 aromatic heterocycles. The molecule has 2 aromatic rings. The molecular formula is C23H24N2O5S. The van der Waals surface area contributed by atoms with E-state index in [1.54, 1.807) is 24.9 Å². The van der Waals surface area contributed by atoms with Gasteiger partial charge >= 0.3 is 5.97 Å². The number of amides is 1. The largest absolute Gasteiger partial charge is 0.507 e. The standard InChI is InChI=1S/C23H24N2O5S/c1-11-16(20(23(29)30-3)25-19(11)18(12(2)26)22(25)28)10-24-9-13-8-17(27)14-6-4-5-7-15(14)21(13)31-24/h4-8,11-12,18-19,26-27H,9-10H2,1-3H3/t11-,12?,18?,19?/m0/s1. The number of carbonyl (C=O) groups is 2. The number of aliphatic hydroxyl groups excluding tert-OH is 1. The van der Waals surface area contributed by atoms with Gasteiger partial charge in [0.05, 0.1) is 25.2 Å². The highest BCUT2D eigenvalue weighted by Gasteiger charge is 2.60. The summed E-state index contributed by atoms with van der Waals surface area (Å²) < 4.78 is 7.14. The molecule has 3 unspecified atom stereocenters. The number of esters is 1. The summed E-state index contributed by atoms with van der Waals surface area (Å²) in [5.41, 5.74) is 2.20. The molecule has 0 aliphatic carbocycles. The second-order valence-electron chi connectivity index (χ2n) is 8.44. The fourth-order valence-electron chi connectivity index (χ4n) is 5.18. The minimum atomic E-state index is -0.769. The van der Waals surface area contributed by atoms with Crippen molar-refractivity contribution in [3.63, 3.8) is 0 Å². The van der Waals surface area contributed by atoms with Gasteiger partial charge in [0.2, 0.25) is 5.91 Å². The quantitative estimate of drug-likeness (QED) is 0.429. The van der Waals surface area contributed by atoms with Crippen molar-refractivity contribution in [1.82, 2.24) is 9.21 Å². The monoisotopic (exact) mass is 440 g/mol. The van der Waals surface area contributed by atoms with E-state index in [0.29, 0.717) is 18.8 Å². The lowest BCUT2D eigenvalue weighted by atomic mass is 9.78. The summed E-state index contributed by atoms with van der Waals surface area (Å²) in [7, 11) is 1.32. The number of phenolic OH excluding ortho intramolecular Hbond substituents is 1. The Morgan fingerprint density at radius 1 is 1.32 bits per heavy atom. The maximum atomic E-state index is 12.7. The Hall–Kier alpha value is -2.55. The third kappa shape index (κ3) is 2.89. The van der Waals surface area contributed by atoms with Crippen LogP contribution in [-0.4, -0.2) is 57.1 Å². The van der Waals surface area contributed by atoms with Crippen molar-refractivity contribution < 1.29 is 24.5 Å². The summed E-state index contributed by atoms with van der Waals surface area (Å²) in [6, 6.07) is 9.33. The van der Waals surface area contributed by atoms with Gasteiger partial charge in [0.1, 0.15) is 11.4 Å². The first-order valence-corrected chi connectivity index (χ1v) is 11.1. The lowest BCUT2D eigenvalue weighted by molar-refractivity contribution is -0.163. The number of hydrogen-bond donors (Lipinski definition) is 2. The topological polar surface area (TPSA) is 90.3 Å². The van der Waals surface area contributed by atoms with Crippen LogP contribution in [0.15, 0.2) is 46.5 Å². The molecule has 0 radical (unpaired) electrons. The van der Waals surface area contributed by atoms with E-state index in [9.17, 15) is 19.8 Å². The van der Waals surface area contributed by atoms with Gasteiger partial charge in [-0.25, -0.2) is 9.10 Å². The van der Waals surface area contributed by atoms with Crippen LogP contribution in [0.1, 0.15) is 19.4 Å². The maximum Gasteiger partial charge on any atom is 0.354 e. The third-order valence-electron chi connectivity index (χ3n) is 6.66. The lowest BCUT2D eigenvalue weighted by Gasteiger charge is -2.46. The highest BCUT2D eigenvalue weighted by molar-refractivity contribution is 7.97. The zero-order valence-corrected chi connectivity index (χ0v) is 18.3. The van der Waals surface area contributed by atoms with Crippen LogP contribution in [-0.2, 0) is 20.9 Å². The first-order valence-electron chi connectivity index (χ1n) is 10.3. The predicted octanol–water partition coefficient (Wildman–Crippen LogP) is 2.65. The zero-order valence-electron chi connectivity index (χ0n) is 17.5. The maximum absolute atomic E-state index is 12.7. The van der Waals surface area contributed by atoms with Crippen molar-refractivity contribution in [2.24, 2.45) is 11.8 Å². The van der Waals surface area contributed by atoms with E-state index in [1.165, 1.54) is 12.0 Å². The Balaban J connectivity index is 1.48. The predicted molar refractivity (Wildman–Crippen MR) is 116 cm³/mol. The van der Waals surface area contributed by atoms with Gasteiger partial charge in [-0.3, -0.25) is 4.79 Å². The molecule has 0 saturated carbocycles. The summed E-state index contributed by atoms with van der Waals surface area (Å²) in [5.74, 6) is -1.06. The molecule has 3 aliphatic rings. The molecule has 4 atom stereocenters. The number of aliphatic hydroxyl groups is 1. The van der Waals surface area contributed by atoms with Crippen molar-refractivity contribution in [3.8, 4) is 5.75 Å². The number of β-lactam (4-membered cyclic amide) rings is 1. The molecule has 2 aromatic carbocycles. The second kappa shape index (κ2) is 7.25. The fourth-order valence-corrected chi connectivity index (χ4v) is 6.36. The summed E-state index contributed by atoms with van der Waals surface area (Å²) in [6.45, 7) is 4.71. The molecule has 3 heterocycles. The Morgan fingerprint density at radius 2 is 2.03 bits per heavy atom. The Bertz CT molecular complexity index is 1140. The van der Waals surface area contributed by atoms with Crippen molar-refractivity contribution in [3.05, 3.63) is 47.2 Å². The summed E-state index contributed by atoms with van der Waals surface area (Å²) in [6.07, 6.45) is -0.769. The van der Waals surface area contributed by atoms with Crippen molar-refractivity contribution >= 4 is 34.6 Å². The zero-order chi connectivity index (χ0) is 22.0. The van der Waals surface area contributed by atoms with E-state index in [4.69, 9.17) is 4.74 Å². The number of carbonyl (C=O) groups excluding carboxylic acids is 2. The van der Waals surface area contributed by atoms with Crippen LogP contribution in [0.2, 0.25) is 0 Å². The molecule has 3 aliphatic heterocycles. The van der Waals surface area contributed by atoms with Crippen LogP contribution in [0.5, 0.6) is 5.75 Å². The lowest BCUT2D eigenvalue weighted by Crippen LogP contribution is -2.63. The summed E-state index contributed by atoms with van der Waals surface area (Å²) in [5, 5.41) is 22.3. The number of rotatable bonds is 4. The fraction of sp³-hybridized carbons (Fsp3) is 0.391. The third-order valence-corrected chi connectivity index (χ3v) is 7.84. The summed E-state index contributed by atoms with van der Waals surface area (Å²) >= 11 is 1.60. The molecule has 1 fully saturated rings.